The number of rotatable bonds is 11. The van der Waals surface area contributed by atoms with E-state index in [1.165, 1.54) is 21.3 Å². The summed E-state index contributed by atoms with van der Waals surface area (Å²) in [6.07, 6.45) is 0.139. The Hall–Kier alpha value is -4.46. The molecule has 234 valence electrons. The summed E-state index contributed by atoms with van der Waals surface area (Å²) >= 11 is 1.04. The highest BCUT2D eigenvalue weighted by molar-refractivity contribution is 7.18. The van der Waals surface area contributed by atoms with Crippen molar-refractivity contribution in [2.24, 2.45) is 0 Å². The van der Waals surface area contributed by atoms with Crippen LogP contribution in [0.1, 0.15) is 16.9 Å². The second kappa shape index (κ2) is 12.9. The third-order valence-electron chi connectivity index (χ3n) is 7.79. The van der Waals surface area contributed by atoms with E-state index in [1.54, 1.807) is 0 Å². The van der Waals surface area contributed by atoms with Crippen LogP contribution in [0.5, 0.6) is 0 Å². The molecule has 5 aromatic rings. The average Bonchev–Trinajstić information content (AvgIpc) is 3.66. The quantitative estimate of drug-likeness (QED) is 0.215. The second-order valence-corrected chi connectivity index (χ2v) is 12.0. The molecule has 0 aliphatic carbocycles. The van der Waals surface area contributed by atoms with Crippen molar-refractivity contribution >= 4 is 21.6 Å². The van der Waals surface area contributed by atoms with E-state index in [1.807, 2.05) is 48.5 Å². The summed E-state index contributed by atoms with van der Waals surface area (Å²) in [5, 5.41) is 4.06. The van der Waals surface area contributed by atoms with Gasteiger partial charge in [0.1, 0.15) is 4.83 Å². The lowest BCUT2D eigenvalue weighted by molar-refractivity contribution is 0.00580. The molecule has 1 saturated heterocycles. The van der Waals surface area contributed by atoms with Crippen LogP contribution in [0.15, 0.2) is 86.2 Å². The van der Waals surface area contributed by atoms with Crippen LogP contribution in [0.3, 0.4) is 0 Å². The van der Waals surface area contributed by atoms with Crippen LogP contribution in [-0.4, -0.2) is 62.9 Å². The predicted octanol–water partition coefficient (Wildman–Crippen LogP) is 4.37. The van der Waals surface area contributed by atoms with Gasteiger partial charge in [0, 0.05) is 49.5 Å². The standard InChI is InChI=1S/C32H31F2N5O5S/c1-2-11-32(33,34)19-23-18-26-28(40)38(13-12-37-14-16-43-17-15-37)31(42)39(29(26)45-23)20-21-7-9-22(10-8-21)24-5-3-4-6-25(24)27-35-30(41)44-36-27/h2-10,18H,1,11-17,19-20H2,(H,35,36,41). The van der Waals surface area contributed by atoms with Gasteiger partial charge in [0.15, 0.2) is 5.82 Å². The Morgan fingerprint density at radius 1 is 1.00 bits per heavy atom. The zero-order chi connectivity index (χ0) is 31.6. The van der Waals surface area contributed by atoms with Crippen molar-refractivity contribution in [1.82, 2.24) is 24.2 Å². The van der Waals surface area contributed by atoms with Crippen LogP contribution in [0.2, 0.25) is 0 Å². The number of allylic oxidation sites excluding steroid dienone is 1. The van der Waals surface area contributed by atoms with E-state index in [9.17, 15) is 23.2 Å². The highest BCUT2D eigenvalue weighted by Crippen LogP contribution is 2.32. The molecule has 0 saturated carbocycles. The molecule has 2 aromatic carbocycles. The maximum Gasteiger partial charge on any atom is 0.439 e. The summed E-state index contributed by atoms with van der Waals surface area (Å²) in [5.74, 6) is -3.37. The third-order valence-corrected chi connectivity index (χ3v) is 8.95. The van der Waals surface area contributed by atoms with Crippen molar-refractivity contribution in [3.05, 3.63) is 109 Å². The summed E-state index contributed by atoms with van der Waals surface area (Å²) in [7, 11) is 0. The van der Waals surface area contributed by atoms with Crippen LogP contribution < -0.4 is 17.0 Å². The fourth-order valence-corrected chi connectivity index (χ4v) is 6.76. The molecule has 0 spiro atoms. The number of aromatic amines is 1. The van der Waals surface area contributed by atoms with Gasteiger partial charge in [0.25, 0.3) is 11.5 Å². The molecule has 0 bridgehead atoms. The maximum absolute atomic E-state index is 14.5. The topological polar surface area (TPSA) is 115 Å². The summed E-state index contributed by atoms with van der Waals surface area (Å²) in [4.78, 5) is 44.3. The molecule has 1 aliphatic rings. The number of ether oxygens (including phenoxy) is 1. The zero-order valence-corrected chi connectivity index (χ0v) is 25.2. The Labute approximate surface area is 259 Å². The summed E-state index contributed by atoms with van der Waals surface area (Å²) in [5.41, 5.74) is 2.14. The summed E-state index contributed by atoms with van der Waals surface area (Å²) in [6.45, 7) is 6.80. The number of hydrogen-bond acceptors (Lipinski definition) is 8. The summed E-state index contributed by atoms with van der Waals surface area (Å²) < 4.78 is 41.8. The Kier molecular flexibility index (Phi) is 8.74. The number of thiophene rings is 1. The smallest absolute Gasteiger partial charge is 0.379 e. The number of benzene rings is 2. The molecular weight excluding hydrogens is 604 g/mol. The van der Waals surface area contributed by atoms with Crippen LogP contribution in [-0.2, 0) is 24.2 Å². The van der Waals surface area contributed by atoms with Gasteiger partial charge in [-0.2, -0.15) is 0 Å². The predicted molar refractivity (Wildman–Crippen MR) is 168 cm³/mol. The molecule has 6 rings (SSSR count). The van der Waals surface area contributed by atoms with E-state index >= 15 is 0 Å². The number of alkyl halides is 2. The average molecular weight is 636 g/mol. The second-order valence-electron chi connectivity index (χ2n) is 10.9. The molecule has 1 N–H and O–H groups in total. The number of H-pyrrole nitrogens is 1. The number of hydrogen-bond donors (Lipinski definition) is 1. The minimum atomic E-state index is -3.02. The van der Waals surface area contributed by atoms with Crippen LogP contribution in [0.25, 0.3) is 32.7 Å². The maximum atomic E-state index is 14.5. The first-order valence-corrected chi connectivity index (χ1v) is 15.3. The van der Waals surface area contributed by atoms with Crippen molar-refractivity contribution in [2.75, 3.05) is 32.8 Å². The lowest BCUT2D eigenvalue weighted by Crippen LogP contribution is -2.44. The minimum absolute atomic E-state index is 0.134. The Balaban J connectivity index is 1.36. The first-order chi connectivity index (χ1) is 21.7. The highest BCUT2D eigenvalue weighted by Gasteiger charge is 2.29. The molecule has 4 heterocycles. The molecule has 0 radical (unpaired) electrons. The van der Waals surface area contributed by atoms with E-state index < -0.39 is 35.8 Å². The van der Waals surface area contributed by atoms with Crippen LogP contribution in [0.4, 0.5) is 8.78 Å². The number of aromatic nitrogens is 4. The molecule has 10 nitrogen and oxygen atoms in total. The van der Waals surface area contributed by atoms with E-state index in [2.05, 4.69) is 26.1 Å². The lowest BCUT2D eigenvalue weighted by atomic mass is 9.98. The van der Waals surface area contributed by atoms with Crippen molar-refractivity contribution in [3.63, 3.8) is 0 Å². The molecule has 0 atom stereocenters. The summed E-state index contributed by atoms with van der Waals surface area (Å²) in [6, 6.07) is 16.4. The molecular formula is C32H31F2N5O5S. The SMILES string of the molecule is C=CCC(F)(F)Cc1cc2c(=O)n(CCN3CCOCC3)c(=O)n(Cc3ccc(-c4ccccc4-c4noc(=O)[nH]4)cc3)c2s1. The number of nitrogens with zero attached hydrogens (tertiary/aromatic N) is 4. The molecule has 1 aliphatic heterocycles. The molecule has 13 heteroatoms. The van der Waals surface area contributed by atoms with Gasteiger partial charge in [-0.25, -0.2) is 18.4 Å². The Morgan fingerprint density at radius 2 is 1.73 bits per heavy atom. The van der Waals surface area contributed by atoms with Crippen molar-refractivity contribution in [3.8, 4) is 22.5 Å². The number of morpholine rings is 1. The third kappa shape index (κ3) is 6.65. The number of fused-ring (bicyclic) bond motifs is 1. The van der Waals surface area contributed by atoms with Crippen molar-refractivity contribution in [1.29, 1.82) is 0 Å². The van der Waals surface area contributed by atoms with Gasteiger partial charge in [-0.1, -0.05) is 59.8 Å². The van der Waals surface area contributed by atoms with Gasteiger partial charge in [-0.05, 0) is 22.8 Å². The first kappa shape index (κ1) is 30.6. The van der Waals surface area contributed by atoms with Crippen molar-refractivity contribution < 1.29 is 18.0 Å². The largest absolute Gasteiger partial charge is 0.439 e. The lowest BCUT2D eigenvalue weighted by Gasteiger charge is -2.26. The number of halogens is 2. The monoisotopic (exact) mass is 635 g/mol. The molecule has 0 unspecified atom stereocenters. The normalized spacial score (nSPS) is 14.3. The molecule has 1 fully saturated rings. The number of nitrogens with one attached hydrogen (secondary N) is 1. The van der Waals surface area contributed by atoms with Gasteiger partial charge < -0.3 is 4.74 Å². The highest BCUT2D eigenvalue weighted by atomic mass is 32.1. The molecule has 0 amide bonds. The van der Waals surface area contributed by atoms with E-state index in [0.717, 1.165) is 28.0 Å². The first-order valence-electron chi connectivity index (χ1n) is 14.5. The fourth-order valence-electron chi connectivity index (χ4n) is 5.54. The zero-order valence-electron chi connectivity index (χ0n) is 24.3. The fraction of sp³-hybridized carbons (Fsp3) is 0.312. The van der Waals surface area contributed by atoms with Gasteiger partial charge in [0.2, 0.25) is 0 Å². The van der Waals surface area contributed by atoms with Crippen LogP contribution in [0, 0.1) is 0 Å². The van der Waals surface area contributed by atoms with Gasteiger partial charge in [0.05, 0.1) is 25.1 Å². The van der Waals surface area contributed by atoms with E-state index in [-0.39, 0.29) is 18.5 Å². The van der Waals surface area contributed by atoms with Gasteiger partial charge >= 0.3 is 11.4 Å². The van der Waals surface area contributed by atoms with E-state index in [4.69, 9.17) is 4.74 Å². The van der Waals surface area contributed by atoms with Gasteiger partial charge in [-0.15, -0.1) is 17.9 Å². The Morgan fingerprint density at radius 3 is 2.42 bits per heavy atom. The molecule has 45 heavy (non-hydrogen) atoms. The van der Waals surface area contributed by atoms with Gasteiger partial charge in [-0.3, -0.25) is 28.3 Å². The van der Waals surface area contributed by atoms with E-state index in [0.29, 0.717) is 53.9 Å². The van der Waals surface area contributed by atoms with Crippen molar-refractivity contribution in [2.45, 2.75) is 31.9 Å². The van der Waals surface area contributed by atoms with Crippen LogP contribution >= 0.6 is 11.3 Å². The molecule has 3 aromatic heterocycles. The Bertz CT molecular complexity index is 2000. The minimum Gasteiger partial charge on any atom is -0.379 e.